The summed E-state index contributed by atoms with van der Waals surface area (Å²) < 4.78 is 15.2. The van der Waals surface area contributed by atoms with E-state index in [9.17, 15) is 4.79 Å². The number of carbonyl (C=O) groups excluding carboxylic acids is 1. The predicted octanol–water partition coefficient (Wildman–Crippen LogP) is 1.86. The Bertz CT molecular complexity index is 423. The van der Waals surface area contributed by atoms with E-state index in [1.54, 1.807) is 32.4 Å². The average molecular weight is 268 g/mol. The number of hydrogen-bond acceptors (Lipinski definition) is 4. The molecular weight excluding hydrogens is 248 g/mol. The minimum absolute atomic E-state index is 0.0748. The number of hydrogen-bond donors (Lipinski definition) is 2. The van der Waals surface area contributed by atoms with Crippen LogP contribution in [0.15, 0.2) is 18.2 Å². The quantitative estimate of drug-likeness (QED) is 0.826. The van der Waals surface area contributed by atoms with Gasteiger partial charge in [-0.05, 0) is 19.1 Å². The second-order valence-electron chi connectivity index (χ2n) is 4.02. The molecule has 2 amide bonds. The Morgan fingerprint density at radius 3 is 2.58 bits per heavy atom. The van der Waals surface area contributed by atoms with Crippen LogP contribution in [0.4, 0.5) is 10.5 Å². The van der Waals surface area contributed by atoms with Crippen molar-refractivity contribution in [2.45, 2.75) is 13.0 Å². The lowest BCUT2D eigenvalue weighted by molar-refractivity contribution is 0.173. The summed E-state index contributed by atoms with van der Waals surface area (Å²) in [5, 5.41) is 5.46. The summed E-state index contributed by atoms with van der Waals surface area (Å²) in [4.78, 5) is 11.8. The molecule has 1 aromatic carbocycles. The van der Waals surface area contributed by atoms with E-state index in [2.05, 4.69) is 10.6 Å². The Morgan fingerprint density at radius 2 is 2.00 bits per heavy atom. The normalized spacial score (nSPS) is 11.6. The van der Waals surface area contributed by atoms with Gasteiger partial charge in [-0.15, -0.1) is 0 Å². The molecule has 0 aliphatic heterocycles. The van der Waals surface area contributed by atoms with Crippen molar-refractivity contribution in [3.63, 3.8) is 0 Å². The zero-order valence-electron chi connectivity index (χ0n) is 11.6. The van der Waals surface area contributed by atoms with Crippen LogP contribution >= 0.6 is 0 Å². The molecule has 0 unspecified atom stereocenters. The van der Waals surface area contributed by atoms with Crippen molar-refractivity contribution in [2.24, 2.45) is 0 Å². The third kappa shape index (κ3) is 4.67. The van der Waals surface area contributed by atoms with Crippen LogP contribution in [0.25, 0.3) is 0 Å². The molecule has 2 N–H and O–H groups in total. The summed E-state index contributed by atoms with van der Waals surface area (Å²) in [6, 6.07) is 4.78. The molecule has 19 heavy (non-hydrogen) atoms. The van der Waals surface area contributed by atoms with E-state index in [0.29, 0.717) is 23.8 Å². The standard InChI is InChI=1S/C13H20N2O4/c1-9(8-17-2)14-13(16)15-11-6-5-10(18-3)7-12(11)19-4/h5-7,9H,8H2,1-4H3,(H2,14,15,16)/t9-/m1/s1. The van der Waals surface area contributed by atoms with Crippen LogP contribution in [0.1, 0.15) is 6.92 Å². The van der Waals surface area contributed by atoms with Crippen molar-refractivity contribution >= 4 is 11.7 Å². The average Bonchev–Trinajstić information content (AvgIpc) is 2.39. The lowest BCUT2D eigenvalue weighted by atomic mass is 10.2. The minimum atomic E-state index is -0.312. The summed E-state index contributed by atoms with van der Waals surface area (Å²) in [6.07, 6.45) is 0. The number of methoxy groups -OCH3 is 3. The number of ether oxygens (including phenoxy) is 3. The van der Waals surface area contributed by atoms with Crippen LogP contribution in [-0.4, -0.2) is 40.0 Å². The first-order valence-electron chi connectivity index (χ1n) is 5.89. The molecule has 0 fully saturated rings. The second-order valence-corrected chi connectivity index (χ2v) is 4.02. The molecule has 1 aromatic rings. The van der Waals surface area contributed by atoms with Gasteiger partial charge in [-0.3, -0.25) is 0 Å². The van der Waals surface area contributed by atoms with Gasteiger partial charge in [0, 0.05) is 13.2 Å². The van der Waals surface area contributed by atoms with Gasteiger partial charge in [-0.1, -0.05) is 0 Å². The maximum Gasteiger partial charge on any atom is 0.319 e. The van der Waals surface area contributed by atoms with Gasteiger partial charge in [-0.25, -0.2) is 4.79 Å². The highest BCUT2D eigenvalue weighted by atomic mass is 16.5. The van der Waals surface area contributed by atoms with E-state index in [1.165, 1.54) is 7.11 Å². The highest BCUT2D eigenvalue weighted by Crippen LogP contribution is 2.28. The van der Waals surface area contributed by atoms with Crippen molar-refractivity contribution < 1.29 is 19.0 Å². The van der Waals surface area contributed by atoms with E-state index in [-0.39, 0.29) is 12.1 Å². The van der Waals surface area contributed by atoms with Crippen molar-refractivity contribution in [3.8, 4) is 11.5 Å². The van der Waals surface area contributed by atoms with Crippen molar-refractivity contribution in [1.29, 1.82) is 0 Å². The summed E-state index contributed by atoms with van der Waals surface area (Å²) in [5.74, 6) is 1.20. The van der Waals surface area contributed by atoms with Crippen LogP contribution in [0.2, 0.25) is 0 Å². The van der Waals surface area contributed by atoms with Gasteiger partial charge in [0.05, 0.1) is 32.6 Å². The Morgan fingerprint density at radius 1 is 1.26 bits per heavy atom. The van der Waals surface area contributed by atoms with Crippen molar-refractivity contribution in [3.05, 3.63) is 18.2 Å². The summed E-state index contributed by atoms with van der Waals surface area (Å²) in [7, 11) is 4.69. The molecule has 6 nitrogen and oxygen atoms in total. The van der Waals surface area contributed by atoms with Crippen LogP contribution < -0.4 is 20.1 Å². The van der Waals surface area contributed by atoms with E-state index >= 15 is 0 Å². The SMILES string of the molecule is COC[C@@H](C)NC(=O)Nc1ccc(OC)cc1OC. The Hall–Kier alpha value is -1.95. The minimum Gasteiger partial charge on any atom is -0.497 e. The fourth-order valence-electron chi connectivity index (χ4n) is 1.58. The molecule has 0 spiro atoms. The second kappa shape index (κ2) is 7.48. The molecule has 0 heterocycles. The first kappa shape index (κ1) is 15.1. The van der Waals surface area contributed by atoms with Gasteiger partial charge >= 0.3 is 6.03 Å². The summed E-state index contributed by atoms with van der Waals surface area (Å²) >= 11 is 0. The lowest BCUT2D eigenvalue weighted by Crippen LogP contribution is -2.38. The summed E-state index contributed by atoms with van der Waals surface area (Å²) in [5.41, 5.74) is 0.574. The fraction of sp³-hybridized carbons (Fsp3) is 0.462. The number of carbonyl (C=O) groups is 1. The van der Waals surface area contributed by atoms with Gasteiger partial charge < -0.3 is 24.8 Å². The number of rotatable bonds is 6. The Balaban J connectivity index is 2.68. The van der Waals surface area contributed by atoms with E-state index in [0.717, 1.165) is 0 Å². The zero-order valence-corrected chi connectivity index (χ0v) is 11.6. The highest BCUT2D eigenvalue weighted by molar-refractivity contribution is 5.91. The van der Waals surface area contributed by atoms with E-state index < -0.39 is 0 Å². The van der Waals surface area contributed by atoms with Crippen LogP contribution in [0.3, 0.4) is 0 Å². The first-order chi connectivity index (χ1) is 9.10. The van der Waals surface area contributed by atoms with Crippen molar-refractivity contribution in [1.82, 2.24) is 5.32 Å². The van der Waals surface area contributed by atoms with Gasteiger partial charge in [0.25, 0.3) is 0 Å². The maximum atomic E-state index is 11.8. The first-order valence-corrected chi connectivity index (χ1v) is 5.89. The summed E-state index contributed by atoms with van der Waals surface area (Å²) in [6.45, 7) is 2.31. The molecule has 0 radical (unpaired) electrons. The van der Waals surface area contributed by atoms with Crippen LogP contribution in [0, 0.1) is 0 Å². The third-order valence-electron chi connectivity index (χ3n) is 2.45. The van der Waals surface area contributed by atoms with Crippen molar-refractivity contribution in [2.75, 3.05) is 33.3 Å². The molecule has 1 atom stereocenters. The van der Waals surface area contributed by atoms with Gasteiger partial charge in [0.1, 0.15) is 11.5 Å². The largest absolute Gasteiger partial charge is 0.497 e. The third-order valence-corrected chi connectivity index (χ3v) is 2.45. The number of urea groups is 1. The van der Waals surface area contributed by atoms with Gasteiger partial charge in [-0.2, -0.15) is 0 Å². The topological polar surface area (TPSA) is 68.8 Å². The van der Waals surface area contributed by atoms with Gasteiger partial charge in [0.15, 0.2) is 0 Å². The molecule has 0 saturated heterocycles. The van der Waals surface area contributed by atoms with Crippen LogP contribution in [0.5, 0.6) is 11.5 Å². The molecule has 0 saturated carbocycles. The maximum absolute atomic E-state index is 11.8. The molecular formula is C13H20N2O4. The number of anilines is 1. The molecule has 1 rings (SSSR count). The monoisotopic (exact) mass is 268 g/mol. The molecule has 0 aliphatic carbocycles. The molecule has 0 aliphatic rings. The Labute approximate surface area is 113 Å². The highest BCUT2D eigenvalue weighted by Gasteiger charge is 2.10. The smallest absolute Gasteiger partial charge is 0.319 e. The predicted molar refractivity (Wildman–Crippen MR) is 73.0 cm³/mol. The van der Waals surface area contributed by atoms with Gasteiger partial charge in [0.2, 0.25) is 0 Å². The van der Waals surface area contributed by atoms with E-state index in [1.807, 2.05) is 6.92 Å². The lowest BCUT2D eigenvalue weighted by Gasteiger charge is -2.15. The van der Waals surface area contributed by atoms with E-state index in [4.69, 9.17) is 14.2 Å². The molecule has 6 heteroatoms. The number of benzene rings is 1. The zero-order chi connectivity index (χ0) is 14.3. The Kier molecular flexibility index (Phi) is 5.95. The number of nitrogens with one attached hydrogen (secondary N) is 2. The molecule has 0 aromatic heterocycles. The fourth-order valence-corrected chi connectivity index (χ4v) is 1.58. The molecule has 0 bridgehead atoms. The number of amides is 2. The molecule has 106 valence electrons. The van der Waals surface area contributed by atoms with Crippen LogP contribution in [-0.2, 0) is 4.74 Å².